The molecule has 0 fully saturated rings. The first-order valence-electron chi connectivity index (χ1n) is 7.79. The number of benzene rings is 1. The van der Waals surface area contributed by atoms with Crippen LogP contribution in [-0.4, -0.2) is 11.3 Å². The summed E-state index contributed by atoms with van der Waals surface area (Å²) >= 11 is 0. The maximum absolute atomic E-state index is 11.3. The topological polar surface area (TPSA) is 30.0 Å². The number of carbonyl (C=O) groups is 1. The number of carbonyl (C=O) groups excluding carboxylic acids is 1. The molecule has 0 saturated heterocycles. The average molecular weight is 305 g/mol. The molecule has 1 aromatic carbocycles. The van der Waals surface area contributed by atoms with E-state index < -0.39 is 0 Å². The monoisotopic (exact) mass is 305 g/mol. The molecule has 2 rings (SSSR count). The van der Waals surface area contributed by atoms with E-state index in [2.05, 4.69) is 70.5 Å². The van der Waals surface area contributed by atoms with Crippen molar-refractivity contribution in [2.24, 2.45) is 0 Å². The van der Waals surface area contributed by atoms with E-state index in [1.165, 1.54) is 5.56 Å². The molecule has 0 saturated carbocycles. The molecule has 0 N–H and O–H groups in total. The highest BCUT2D eigenvalue weighted by atomic mass is 16.1. The Hall–Kier alpha value is -2.40. The molecular formula is C21H23NO. The van der Waals surface area contributed by atoms with E-state index in [1.54, 1.807) is 6.07 Å². The molecule has 0 amide bonds. The van der Waals surface area contributed by atoms with Crippen molar-refractivity contribution in [3.05, 3.63) is 63.5 Å². The number of pyridine rings is 1. The van der Waals surface area contributed by atoms with Gasteiger partial charge >= 0.3 is 0 Å². The quantitative estimate of drug-likeness (QED) is 0.573. The Morgan fingerprint density at radius 2 is 1.61 bits per heavy atom. The largest absolute Gasteiger partial charge is 0.298 e. The van der Waals surface area contributed by atoms with Gasteiger partial charge in [0.05, 0.1) is 0 Å². The van der Waals surface area contributed by atoms with E-state index in [-0.39, 0.29) is 5.41 Å². The van der Waals surface area contributed by atoms with E-state index >= 15 is 0 Å². The van der Waals surface area contributed by atoms with Gasteiger partial charge < -0.3 is 0 Å². The molecule has 23 heavy (non-hydrogen) atoms. The zero-order valence-corrected chi connectivity index (χ0v) is 14.7. The highest BCUT2D eigenvalue weighted by molar-refractivity contribution is 5.78. The SMILES string of the molecule is Cc1cc(C)c(C#Cc2nc(C(C)(C)C)ccc2C=O)c(C)c1. The molecule has 0 radical (unpaired) electrons. The molecule has 0 aliphatic heterocycles. The first kappa shape index (κ1) is 17.0. The Morgan fingerprint density at radius 1 is 1.00 bits per heavy atom. The number of hydrogen-bond acceptors (Lipinski definition) is 2. The van der Waals surface area contributed by atoms with Gasteiger partial charge in [-0.15, -0.1) is 0 Å². The lowest BCUT2D eigenvalue weighted by atomic mass is 9.91. The first-order valence-corrected chi connectivity index (χ1v) is 7.79. The number of rotatable bonds is 1. The lowest BCUT2D eigenvalue weighted by molar-refractivity contribution is 0.112. The Balaban J connectivity index is 2.55. The van der Waals surface area contributed by atoms with Gasteiger partial charge in [-0.1, -0.05) is 44.4 Å². The highest BCUT2D eigenvalue weighted by Gasteiger charge is 2.16. The predicted molar refractivity (Wildman–Crippen MR) is 95.0 cm³/mol. The standard InChI is InChI=1S/C21H23NO/c1-14-11-15(2)18(16(3)12-14)8-9-19-17(13-23)7-10-20(22-19)21(4,5)6/h7,10-13H,1-6H3. The molecule has 0 spiro atoms. The number of aldehydes is 1. The van der Waals surface area contributed by atoms with Crippen molar-refractivity contribution in [1.82, 2.24) is 4.98 Å². The zero-order chi connectivity index (χ0) is 17.2. The fraction of sp³-hybridized carbons (Fsp3) is 0.333. The van der Waals surface area contributed by atoms with Crippen molar-refractivity contribution in [2.45, 2.75) is 47.0 Å². The molecule has 1 heterocycles. The van der Waals surface area contributed by atoms with E-state index in [0.29, 0.717) is 11.3 Å². The van der Waals surface area contributed by atoms with Crippen molar-refractivity contribution < 1.29 is 4.79 Å². The minimum Gasteiger partial charge on any atom is -0.298 e. The van der Waals surface area contributed by atoms with E-state index in [1.807, 2.05) is 6.07 Å². The molecule has 1 aromatic heterocycles. The summed E-state index contributed by atoms with van der Waals surface area (Å²) in [5.74, 6) is 6.31. The summed E-state index contributed by atoms with van der Waals surface area (Å²) in [6, 6.07) is 7.95. The summed E-state index contributed by atoms with van der Waals surface area (Å²) in [5, 5.41) is 0. The van der Waals surface area contributed by atoms with Crippen molar-refractivity contribution >= 4 is 6.29 Å². The lowest BCUT2D eigenvalue weighted by Gasteiger charge is -2.18. The van der Waals surface area contributed by atoms with Crippen LogP contribution in [-0.2, 0) is 5.41 Å². The number of aryl methyl sites for hydroxylation is 3. The van der Waals surface area contributed by atoms with Gasteiger partial charge in [0.25, 0.3) is 0 Å². The highest BCUT2D eigenvalue weighted by Crippen LogP contribution is 2.21. The fourth-order valence-corrected chi connectivity index (χ4v) is 2.58. The van der Waals surface area contributed by atoms with Crippen LogP contribution in [0.3, 0.4) is 0 Å². The van der Waals surface area contributed by atoms with Gasteiger partial charge in [0.1, 0.15) is 5.69 Å². The van der Waals surface area contributed by atoms with Crippen LogP contribution in [0.5, 0.6) is 0 Å². The second kappa shape index (κ2) is 6.38. The molecule has 0 bridgehead atoms. The maximum Gasteiger partial charge on any atom is 0.152 e. The van der Waals surface area contributed by atoms with Crippen LogP contribution < -0.4 is 0 Å². The Bertz CT molecular complexity index is 791. The van der Waals surface area contributed by atoms with Crippen LogP contribution in [0.25, 0.3) is 0 Å². The van der Waals surface area contributed by atoms with Gasteiger partial charge in [-0.25, -0.2) is 4.98 Å². The third kappa shape index (κ3) is 3.87. The van der Waals surface area contributed by atoms with Crippen LogP contribution in [0.1, 0.15) is 64.8 Å². The molecule has 0 unspecified atom stereocenters. The fourth-order valence-electron chi connectivity index (χ4n) is 2.58. The molecule has 0 atom stereocenters. The average Bonchev–Trinajstić information content (AvgIpc) is 2.44. The van der Waals surface area contributed by atoms with Gasteiger partial charge in [-0.3, -0.25) is 4.79 Å². The van der Waals surface area contributed by atoms with Crippen LogP contribution in [0.2, 0.25) is 0 Å². The van der Waals surface area contributed by atoms with Crippen LogP contribution in [0, 0.1) is 32.6 Å². The van der Waals surface area contributed by atoms with Crippen molar-refractivity contribution in [1.29, 1.82) is 0 Å². The van der Waals surface area contributed by atoms with E-state index in [4.69, 9.17) is 0 Å². The lowest BCUT2D eigenvalue weighted by Crippen LogP contribution is -2.14. The minimum atomic E-state index is -0.0759. The number of hydrogen-bond donors (Lipinski definition) is 0. The molecule has 0 aliphatic carbocycles. The summed E-state index contributed by atoms with van der Waals surface area (Å²) in [4.78, 5) is 15.9. The first-order chi connectivity index (χ1) is 10.7. The molecular weight excluding hydrogens is 282 g/mol. The van der Waals surface area contributed by atoms with Crippen molar-refractivity contribution in [3.8, 4) is 11.8 Å². The number of nitrogens with zero attached hydrogens (tertiary/aromatic N) is 1. The predicted octanol–water partition coefficient (Wildman–Crippen LogP) is 4.52. The Labute approximate surface area is 139 Å². The Kier molecular flexibility index (Phi) is 4.71. The second-order valence-electron chi connectivity index (χ2n) is 7.03. The van der Waals surface area contributed by atoms with Gasteiger partial charge in [0.15, 0.2) is 6.29 Å². The van der Waals surface area contributed by atoms with Gasteiger partial charge in [0.2, 0.25) is 0 Å². The third-order valence-corrected chi connectivity index (χ3v) is 3.80. The molecule has 118 valence electrons. The van der Waals surface area contributed by atoms with Crippen molar-refractivity contribution in [3.63, 3.8) is 0 Å². The zero-order valence-electron chi connectivity index (χ0n) is 14.7. The third-order valence-electron chi connectivity index (χ3n) is 3.80. The van der Waals surface area contributed by atoms with Gasteiger partial charge in [-0.2, -0.15) is 0 Å². The summed E-state index contributed by atoms with van der Waals surface area (Å²) < 4.78 is 0. The molecule has 0 aliphatic rings. The molecule has 2 aromatic rings. The van der Waals surface area contributed by atoms with E-state index in [9.17, 15) is 4.79 Å². The van der Waals surface area contributed by atoms with Gasteiger partial charge in [-0.05, 0) is 50.0 Å². The van der Waals surface area contributed by atoms with Crippen LogP contribution in [0.15, 0.2) is 24.3 Å². The van der Waals surface area contributed by atoms with Crippen LogP contribution in [0.4, 0.5) is 0 Å². The minimum absolute atomic E-state index is 0.0759. The molecule has 2 heteroatoms. The van der Waals surface area contributed by atoms with E-state index in [0.717, 1.165) is 28.7 Å². The second-order valence-corrected chi connectivity index (χ2v) is 7.03. The van der Waals surface area contributed by atoms with Crippen LogP contribution >= 0.6 is 0 Å². The number of aromatic nitrogens is 1. The Morgan fingerprint density at radius 3 is 2.13 bits per heavy atom. The van der Waals surface area contributed by atoms with Gasteiger partial charge in [0, 0.05) is 22.2 Å². The summed E-state index contributed by atoms with van der Waals surface area (Å²) in [7, 11) is 0. The summed E-state index contributed by atoms with van der Waals surface area (Å²) in [6.07, 6.45) is 0.818. The smallest absolute Gasteiger partial charge is 0.152 e. The normalized spacial score (nSPS) is 10.9. The summed E-state index contributed by atoms with van der Waals surface area (Å²) in [6.45, 7) is 12.5. The summed E-state index contributed by atoms with van der Waals surface area (Å²) in [5.41, 5.74) is 6.48. The van der Waals surface area contributed by atoms with Crippen molar-refractivity contribution in [2.75, 3.05) is 0 Å². The maximum atomic E-state index is 11.3. The molecule has 2 nitrogen and oxygen atoms in total.